The Morgan fingerprint density at radius 1 is 1.00 bits per heavy atom. The van der Waals surface area contributed by atoms with Crippen LogP contribution in [0.5, 0.6) is 0 Å². The van der Waals surface area contributed by atoms with Crippen LogP contribution in [0.1, 0.15) is 49.3 Å². The monoisotopic (exact) mass is 247 g/mol. The lowest BCUT2D eigenvalue weighted by Crippen LogP contribution is -2.22. The Labute approximate surface area is 110 Å². The van der Waals surface area contributed by atoms with Gasteiger partial charge in [-0.25, -0.2) is 4.98 Å². The van der Waals surface area contributed by atoms with E-state index >= 15 is 0 Å². The molecular weight excluding hydrogens is 222 g/mol. The van der Waals surface area contributed by atoms with Crippen molar-refractivity contribution in [2.45, 2.75) is 58.4 Å². The Kier molecular flexibility index (Phi) is 3.69. The van der Waals surface area contributed by atoms with Gasteiger partial charge < -0.3 is 9.47 Å². The molecule has 1 aliphatic heterocycles. The first-order valence-corrected chi connectivity index (χ1v) is 7.62. The Balaban J connectivity index is 1.59. The van der Waals surface area contributed by atoms with Crippen LogP contribution >= 0.6 is 0 Å². The molecule has 3 nitrogen and oxygen atoms in total. The molecule has 0 amide bonds. The zero-order chi connectivity index (χ0) is 12.4. The molecule has 18 heavy (non-hydrogen) atoms. The highest BCUT2D eigenvalue weighted by Gasteiger charge is 2.18. The fourth-order valence-corrected chi connectivity index (χ4v) is 3.49. The second kappa shape index (κ2) is 5.43. The van der Waals surface area contributed by atoms with Gasteiger partial charge >= 0.3 is 0 Å². The van der Waals surface area contributed by atoms with Crippen LogP contribution in [0.15, 0.2) is 0 Å². The van der Waals surface area contributed by atoms with Crippen LogP contribution in [-0.4, -0.2) is 34.1 Å². The molecule has 0 saturated carbocycles. The molecular formula is C15H25N3. The van der Waals surface area contributed by atoms with Crippen LogP contribution in [0.25, 0.3) is 0 Å². The number of imidazole rings is 1. The summed E-state index contributed by atoms with van der Waals surface area (Å²) >= 11 is 0. The van der Waals surface area contributed by atoms with Gasteiger partial charge in [0.15, 0.2) is 0 Å². The third kappa shape index (κ3) is 2.46. The van der Waals surface area contributed by atoms with Crippen molar-refractivity contribution in [1.29, 1.82) is 0 Å². The molecule has 1 fully saturated rings. The lowest BCUT2D eigenvalue weighted by Gasteiger charge is -2.17. The van der Waals surface area contributed by atoms with Crippen molar-refractivity contribution < 1.29 is 0 Å². The molecule has 0 bridgehead atoms. The third-order valence-corrected chi connectivity index (χ3v) is 4.48. The molecule has 0 aromatic carbocycles. The van der Waals surface area contributed by atoms with Crippen molar-refractivity contribution in [1.82, 2.24) is 14.5 Å². The molecule has 0 radical (unpaired) electrons. The van der Waals surface area contributed by atoms with Gasteiger partial charge in [-0.1, -0.05) is 0 Å². The Bertz CT molecular complexity index is 402. The van der Waals surface area contributed by atoms with Crippen LogP contribution in [0, 0.1) is 6.92 Å². The maximum Gasteiger partial charge on any atom is 0.106 e. The number of aromatic nitrogens is 2. The van der Waals surface area contributed by atoms with E-state index in [1.165, 1.54) is 82.6 Å². The van der Waals surface area contributed by atoms with E-state index in [1.807, 2.05) is 0 Å². The minimum atomic E-state index is 1.17. The first kappa shape index (κ1) is 12.2. The van der Waals surface area contributed by atoms with E-state index in [9.17, 15) is 0 Å². The predicted octanol–water partition coefficient (Wildman–Crippen LogP) is 2.56. The molecule has 1 aliphatic carbocycles. The average molecular weight is 247 g/mol. The first-order valence-electron chi connectivity index (χ1n) is 7.62. The van der Waals surface area contributed by atoms with Crippen molar-refractivity contribution in [3.8, 4) is 0 Å². The summed E-state index contributed by atoms with van der Waals surface area (Å²) in [6, 6.07) is 0. The molecule has 0 N–H and O–H groups in total. The van der Waals surface area contributed by atoms with Gasteiger partial charge in [-0.2, -0.15) is 0 Å². The molecule has 0 atom stereocenters. The molecule has 1 aromatic heterocycles. The molecule has 1 saturated heterocycles. The van der Waals surface area contributed by atoms with Gasteiger partial charge in [0.25, 0.3) is 0 Å². The number of hydrogen-bond donors (Lipinski definition) is 0. The topological polar surface area (TPSA) is 21.1 Å². The molecule has 0 spiro atoms. The van der Waals surface area contributed by atoms with E-state index in [0.717, 1.165) is 0 Å². The van der Waals surface area contributed by atoms with Crippen LogP contribution < -0.4 is 0 Å². The van der Waals surface area contributed by atoms with E-state index in [-0.39, 0.29) is 0 Å². The fraction of sp³-hybridized carbons (Fsp3) is 0.800. The molecule has 0 unspecified atom stereocenters. The van der Waals surface area contributed by atoms with Gasteiger partial charge in [-0.3, -0.25) is 0 Å². The Hall–Kier alpha value is -0.830. The normalized spacial score (nSPS) is 20.3. The lowest BCUT2D eigenvalue weighted by atomic mass is 10.0. The number of aryl methyl sites for hydroxylation is 2. The summed E-state index contributed by atoms with van der Waals surface area (Å²) < 4.78 is 2.49. The lowest BCUT2D eigenvalue weighted by molar-refractivity contribution is 0.323. The molecule has 3 heteroatoms. The summed E-state index contributed by atoms with van der Waals surface area (Å²) in [5.41, 5.74) is 2.93. The second-order valence-electron chi connectivity index (χ2n) is 5.81. The summed E-state index contributed by atoms with van der Waals surface area (Å²) in [6.07, 6.45) is 9.22. The number of hydrogen-bond acceptors (Lipinski definition) is 2. The highest BCUT2D eigenvalue weighted by Crippen LogP contribution is 2.22. The Morgan fingerprint density at radius 3 is 2.61 bits per heavy atom. The molecule has 1 aromatic rings. The molecule has 2 heterocycles. The zero-order valence-corrected chi connectivity index (χ0v) is 11.6. The van der Waals surface area contributed by atoms with Gasteiger partial charge in [-0.15, -0.1) is 0 Å². The van der Waals surface area contributed by atoms with Crippen molar-refractivity contribution >= 4 is 0 Å². The molecule has 3 rings (SSSR count). The minimum absolute atomic E-state index is 1.17. The second-order valence-corrected chi connectivity index (χ2v) is 5.81. The fourth-order valence-electron chi connectivity index (χ4n) is 3.49. The highest BCUT2D eigenvalue weighted by molar-refractivity contribution is 5.19. The maximum absolute atomic E-state index is 4.75. The van der Waals surface area contributed by atoms with Gasteiger partial charge in [0.1, 0.15) is 5.82 Å². The number of rotatable bonds is 4. The van der Waals surface area contributed by atoms with Crippen molar-refractivity contribution in [3.63, 3.8) is 0 Å². The van der Waals surface area contributed by atoms with Gasteiger partial charge in [-0.05, 0) is 71.5 Å². The average Bonchev–Trinajstić information content (AvgIpc) is 2.98. The first-order chi connectivity index (χ1) is 8.84. The minimum Gasteiger partial charge on any atom is -0.332 e. The van der Waals surface area contributed by atoms with Crippen LogP contribution in [0.2, 0.25) is 0 Å². The number of fused-ring (bicyclic) bond motifs is 1. The largest absolute Gasteiger partial charge is 0.332 e. The van der Waals surface area contributed by atoms with E-state index in [2.05, 4.69) is 16.4 Å². The highest BCUT2D eigenvalue weighted by atomic mass is 15.1. The van der Waals surface area contributed by atoms with Crippen LogP contribution in [0.3, 0.4) is 0 Å². The third-order valence-electron chi connectivity index (χ3n) is 4.48. The summed E-state index contributed by atoms with van der Waals surface area (Å²) in [5, 5.41) is 0. The Morgan fingerprint density at radius 2 is 1.78 bits per heavy atom. The number of likely N-dealkylation sites (tertiary alicyclic amines) is 1. The van der Waals surface area contributed by atoms with Gasteiger partial charge in [0.05, 0.1) is 5.69 Å². The summed E-state index contributed by atoms with van der Waals surface area (Å²) in [6.45, 7) is 7.26. The summed E-state index contributed by atoms with van der Waals surface area (Å²) in [4.78, 5) is 7.36. The van der Waals surface area contributed by atoms with Crippen LogP contribution in [0.4, 0.5) is 0 Å². The van der Waals surface area contributed by atoms with Crippen molar-refractivity contribution in [2.24, 2.45) is 0 Å². The van der Waals surface area contributed by atoms with E-state index < -0.39 is 0 Å². The standard InChI is InChI=1S/C15H25N3/c1-13-16-14-7-2-3-8-15(14)18(13)12-6-11-17-9-4-5-10-17/h2-12H2,1H3. The predicted molar refractivity (Wildman–Crippen MR) is 73.9 cm³/mol. The van der Waals surface area contributed by atoms with E-state index in [0.29, 0.717) is 0 Å². The van der Waals surface area contributed by atoms with Crippen molar-refractivity contribution in [3.05, 3.63) is 17.2 Å². The smallest absolute Gasteiger partial charge is 0.106 e. The van der Waals surface area contributed by atoms with E-state index in [4.69, 9.17) is 4.98 Å². The van der Waals surface area contributed by atoms with Gasteiger partial charge in [0, 0.05) is 12.2 Å². The number of nitrogens with zero attached hydrogens (tertiary/aromatic N) is 3. The summed E-state index contributed by atoms with van der Waals surface area (Å²) in [5.74, 6) is 1.24. The molecule has 2 aliphatic rings. The van der Waals surface area contributed by atoms with E-state index in [1.54, 1.807) is 5.69 Å². The quantitative estimate of drug-likeness (QED) is 0.815. The van der Waals surface area contributed by atoms with Gasteiger partial charge in [0.2, 0.25) is 0 Å². The zero-order valence-electron chi connectivity index (χ0n) is 11.6. The SMILES string of the molecule is Cc1nc2c(n1CCCN1CCCC1)CCCC2. The summed E-state index contributed by atoms with van der Waals surface area (Å²) in [7, 11) is 0. The van der Waals surface area contributed by atoms with Crippen molar-refractivity contribution in [2.75, 3.05) is 19.6 Å². The maximum atomic E-state index is 4.75. The molecule has 100 valence electrons. The van der Waals surface area contributed by atoms with Crippen LogP contribution in [-0.2, 0) is 19.4 Å².